The zero-order valence-electron chi connectivity index (χ0n) is 14.7. The average Bonchev–Trinajstić information content (AvgIpc) is 2.52. The molecule has 0 aromatic heterocycles. The van der Waals surface area contributed by atoms with E-state index in [4.69, 9.17) is 32.5 Å². The second-order valence-electron chi connectivity index (χ2n) is 5.97. The molecule has 0 saturated carbocycles. The van der Waals surface area contributed by atoms with Gasteiger partial charge in [0.05, 0.1) is 17.7 Å². The minimum Gasteiger partial charge on any atom is -0.493 e. The van der Waals surface area contributed by atoms with Crippen molar-refractivity contribution in [1.82, 2.24) is 5.32 Å². The van der Waals surface area contributed by atoms with Crippen molar-refractivity contribution >= 4 is 35.8 Å². The Labute approximate surface area is 158 Å². The summed E-state index contributed by atoms with van der Waals surface area (Å²) in [5, 5.41) is 3.05. The molecule has 0 fully saturated rings. The Bertz CT molecular complexity index is 626. The summed E-state index contributed by atoms with van der Waals surface area (Å²) >= 11 is 6.15. The van der Waals surface area contributed by atoms with Gasteiger partial charge in [-0.2, -0.15) is 0 Å². The van der Waals surface area contributed by atoms with Crippen molar-refractivity contribution in [1.29, 1.82) is 0 Å². The predicted octanol–water partition coefficient (Wildman–Crippen LogP) is 1.74. The highest BCUT2D eigenvalue weighted by atomic mass is 35.5. The number of hydrogen-bond acceptors (Lipinski definition) is 5. The molecule has 0 aliphatic heterocycles. The maximum Gasteiger partial charge on any atom is 0.255 e. The number of halogens is 2. The van der Waals surface area contributed by atoms with Gasteiger partial charge in [-0.3, -0.25) is 9.59 Å². The van der Waals surface area contributed by atoms with Gasteiger partial charge in [0.1, 0.15) is 0 Å². The number of nitrogens with two attached hydrogens (primary N) is 2. The molecule has 142 valence electrons. The second kappa shape index (κ2) is 9.70. The monoisotopic (exact) mass is 393 g/mol. The van der Waals surface area contributed by atoms with E-state index in [0.29, 0.717) is 12.1 Å². The van der Waals surface area contributed by atoms with Crippen LogP contribution in [-0.4, -0.2) is 37.6 Å². The lowest BCUT2D eigenvalue weighted by molar-refractivity contribution is -0.119. The number of hydrogen-bond donors (Lipinski definition) is 3. The lowest BCUT2D eigenvalue weighted by Crippen LogP contribution is -2.55. The first-order chi connectivity index (χ1) is 11.1. The van der Waals surface area contributed by atoms with Crippen molar-refractivity contribution in [3.63, 3.8) is 0 Å². The number of amides is 2. The van der Waals surface area contributed by atoms with Crippen molar-refractivity contribution < 1.29 is 19.1 Å². The zero-order valence-corrected chi connectivity index (χ0v) is 16.3. The van der Waals surface area contributed by atoms with Crippen molar-refractivity contribution in [2.24, 2.45) is 17.4 Å². The molecule has 2 amide bonds. The number of carbonyl (C=O) groups excluding carboxylic acids is 2. The van der Waals surface area contributed by atoms with Gasteiger partial charge in [0, 0.05) is 12.1 Å². The smallest absolute Gasteiger partial charge is 0.255 e. The van der Waals surface area contributed by atoms with Crippen LogP contribution in [0.4, 0.5) is 0 Å². The summed E-state index contributed by atoms with van der Waals surface area (Å²) in [6.45, 7) is 5.77. The Balaban J connectivity index is 0.00000576. The molecule has 0 radical (unpaired) electrons. The van der Waals surface area contributed by atoms with E-state index in [1.165, 1.54) is 19.2 Å². The summed E-state index contributed by atoms with van der Waals surface area (Å²) < 4.78 is 10.4. The van der Waals surface area contributed by atoms with E-state index in [0.717, 1.165) is 0 Å². The number of benzene rings is 1. The summed E-state index contributed by atoms with van der Waals surface area (Å²) in [5.74, 6) is -0.460. The third-order valence-electron chi connectivity index (χ3n) is 3.95. The van der Waals surface area contributed by atoms with Crippen molar-refractivity contribution in [3.05, 3.63) is 22.7 Å². The summed E-state index contributed by atoms with van der Waals surface area (Å²) in [6, 6.07) is 2.92. The highest BCUT2D eigenvalue weighted by Crippen LogP contribution is 2.36. The number of ether oxygens (including phenoxy) is 2. The van der Waals surface area contributed by atoms with Crippen LogP contribution < -0.4 is 26.3 Å². The first-order valence-corrected chi connectivity index (χ1v) is 7.83. The van der Waals surface area contributed by atoms with Crippen LogP contribution in [-0.2, 0) is 4.79 Å². The van der Waals surface area contributed by atoms with E-state index >= 15 is 0 Å². The number of methoxy groups -OCH3 is 1. The molecule has 0 saturated heterocycles. The molecule has 1 rings (SSSR count). The van der Waals surface area contributed by atoms with Gasteiger partial charge in [-0.1, -0.05) is 25.4 Å². The molecule has 1 aromatic rings. The maximum atomic E-state index is 12.5. The molecule has 0 spiro atoms. The first kappa shape index (κ1) is 23.3. The molecule has 7 nitrogen and oxygen atoms in total. The van der Waals surface area contributed by atoms with E-state index in [1.54, 1.807) is 0 Å². The molecule has 25 heavy (non-hydrogen) atoms. The number of carbonyl (C=O) groups is 2. The zero-order chi connectivity index (χ0) is 18.5. The molecular formula is C16H25Cl2N3O4. The van der Waals surface area contributed by atoms with Crippen LogP contribution >= 0.6 is 24.0 Å². The van der Waals surface area contributed by atoms with Crippen LogP contribution in [0.3, 0.4) is 0 Å². The molecule has 1 atom stereocenters. The summed E-state index contributed by atoms with van der Waals surface area (Å²) in [4.78, 5) is 23.4. The molecule has 1 aromatic carbocycles. The fourth-order valence-electron chi connectivity index (χ4n) is 1.90. The molecule has 0 aliphatic carbocycles. The molecule has 1 unspecified atom stereocenters. The normalized spacial score (nSPS) is 12.8. The lowest BCUT2D eigenvalue weighted by Gasteiger charge is -2.33. The molecule has 5 N–H and O–H groups in total. The highest BCUT2D eigenvalue weighted by molar-refractivity contribution is 6.32. The van der Waals surface area contributed by atoms with Crippen LogP contribution in [0.5, 0.6) is 11.5 Å². The number of nitrogens with one attached hydrogen (secondary N) is 1. The van der Waals surface area contributed by atoms with E-state index in [2.05, 4.69) is 5.32 Å². The molecular weight excluding hydrogens is 369 g/mol. The van der Waals surface area contributed by atoms with Gasteiger partial charge in [0.15, 0.2) is 18.1 Å². The Morgan fingerprint density at radius 2 is 1.96 bits per heavy atom. The van der Waals surface area contributed by atoms with E-state index < -0.39 is 11.4 Å². The summed E-state index contributed by atoms with van der Waals surface area (Å²) in [6.07, 6.45) is 0. The molecule has 0 aliphatic rings. The average molecular weight is 394 g/mol. The SMILES string of the molecule is COc1cc(C(=O)NC(C)(CN)C(C)C)cc(Cl)c1OCC(N)=O.Cl. The quantitative estimate of drug-likeness (QED) is 0.621. The second-order valence-corrected chi connectivity index (χ2v) is 6.38. The third kappa shape index (κ3) is 5.95. The van der Waals surface area contributed by atoms with E-state index in [-0.39, 0.29) is 47.4 Å². The fourth-order valence-corrected chi connectivity index (χ4v) is 2.16. The molecule has 0 bridgehead atoms. The fraction of sp³-hybridized carbons (Fsp3) is 0.500. The summed E-state index contributed by atoms with van der Waals surface area (Å²) in [7, 11) is 1.41. The van der Waals surface area contributed by atoms with Crippen LogP contribution in [0.2, 0.25) is 5.02 Å². The Morgan fingerprint density at radius 1 is 1.36 bits per heavy atom. The first-order valence-electron chi connectivity index (χ1n) is 7.45. The largest absolute Gasteiger partial charge is 0.493 e. The van der Waals surface area contributed by atoms with Crippen molar-refractivity contribution in [3.8, 4) is 11.5 Å². The van der Waals surface area contributed by atoms with Crippen molar-refractivity contribution in [2.75, 3.05) is 20.3 Å². The number of primary amides is 1. The van der Waals surface area contributed by atoms with Gasteiger partial charge in [0.25, 0.3) is 11.8 Å². The van der Waals surface area contributed by atoms with Crippen molar-refractivity contribution in [2.45, 2.75) is 26.3 Å². The number of rotatable bonds is 8. The third-order valence-corrected chi connectivity index (χ3v) is 4.23. The molecule has 0 heterocycles. The van der Waals surface area contributed by atoms with Crippen LogP contribution in [0.15, 0.2) is 12.1 Å². The lowest BCUT2D eigenvalue weighted by atomic mass is 9.88. The Morgan fingerprint density at radius 3 is 2.40 bits per heavy atom. The van der Waals surface area contributed by atoms with Gasteiger partial charge in [-0.05, 0) is 25.0 Å². The van der Waals surface area contributed by atoms with E-state index in [1.807, 2.05) is 20.8 Å². The van der Waals surface area contributed by atoms with Crippen LogP contribution in [0, 0.1) is 5.92 Å². The minimum atomic E-state index is -0.648. The highest BCUT2D eigenvalue weighted by Gasteiger charge is 2.29. The maximum absolute atomic E-state index is 12.5. The summed E-state index contributed by atoms with van der Waals surface area (Å²) in [5.41, 5.74) is 10.6. The minimum absolute atomic E-state index is 0. The van der Waals surface area contributed by atoms with Crippen LogP contribution in [0.25, 0.3) is 0 Å². The molecule has 9 heteroatoms. The predicted molar refractivity (Wildman–Crippen MR) is 99.7 cm³/mol. The standard InChI is InChI=1S/C16H24ClN3O4.ClH/c1-9(2)16(3,8-18)20-15(22)10-5-11(17)14(12(6-10)23-4)24-7-13(19)21;/h5-6,9H,7-8,18H2,1-4H3,(H2,19,21)(H,20,22);1H. The van der Waals surface area contributed by atoms with E-state index in [9.17, 15) is 9.59 Å². The van der Waals surface area contributed by atoms with Crippen LogP contribution in [0.1, 0.15) is 31.1 Å². The van der Waals surface area contributed by atoms with Gasteiger partial charge in [-0.25, -0.2) is 0 Å². The topological polar surface area (TPSA) is 117 Å². The Hall–Kier alpha value is -1.70. The van der Waals surface area contributed by atoms with Gasteiger partial charge >= 0.3 is 0 Å². The van der Waals surface area contributed by atoms with Gasteiger partial charge in [0.2, 0.25) is 0 Å². The van der Waals surface area contributed by atoms with Gasteiger partial charge in [-0.15, -0.1) is 12.4 Å². The Kier molecular flexibility index (Phi) is 9.04. The van der Waals surface area contributed by atoms with Gasteiger partial charge < -0.3 is 26.3 Å².